The van der Waals surface area contributed by atoms with Gasteiger partial charge >= 0.3 is 5.97 Å². The van der Waals surface area contributed by atoms with Crippen molar-refractivity contribution >= 4 is 28.9 Å². The molecular weight excluding hydrogens is 272 g/mol. The van der Waals surface area contributed by atoms with Crippen LogP contribution in [-0.4, -0.2) is 28.1 Å². The van der Waals surface area contributed by atoms with Crippen molar-refractivity contribution in [1.82, 2.24) is 0 Å². The largest absolute Gasteiger partial charge is 0.480 e. The Morgan fingerprint density at radius 1 is 1.47 bits per heavy atom. The molecule has 0 fully saturated rings. The molecule has 0 amide bonds. The molecule has 0 atom stereocenters. The summed E-state index contributed by atoms with van der Waals surface area (Å²) in [5, 5.41) is 19.8. The molecule has 104 valence electrons. The molecule has 0 spiro atoms. The standard InChI is InChI=1S/C12H15ClN2O4/c1-12(2,3)14(7-11(16)17)10-5-4-8(15(18)19)6-9(10)13/h4-6H,7H2,1-3H3,(H,16,17). The van der Waals surface area contributed by atoms with Crippen LogP contribution >= 0.6 is 11.6 Å². The molecule has 1 N–H and O–H groups in total. The van der Waals surface area contributed by atoms with E-state index < -0.39 is 16.4 Å². The molecule has 0 radical (unpaired) electrons. The van der Waals surface area contributed by atoms with Gasteiger partial charge in [-0.05, 0) is 26.8 Å². The van der Waals surface area contributed by atoms with Gasteiger partial charge in [0.25, 0.3) is 5.69 Å². The number of carboxylic acids is 1. The fourth-order valence-corrected chi connectivity index (χ4v) is 1.92. The summed E-state index contributed by atoms with van der Waals surface area (Å²) in [7, 11) is 0. The van der Waals surface area contributed by atoms with Gasteiger partial charge in [-0.3, -0.25) is 14.9 Å². The monoisotopic (exact) mass is 286 g/mol. The van der Waals surface area contributed by atoms with Gasteiger partial charge in [0.2, 0.25) is 0 Å². The predicted octanol–water partition coefficient (Wildman–Crippen LogP) is 2.94. The molecule has 1 rings (SSSR count). The molecule has 6 nitrogen and oxygen atoms in total. The van der Waals surface area contributed by atoms with Crippen LogP contribution in [0.5, 0.6) is 0 Å². The molecule has 0 unspecified atom stereocenters. The third kappa shape index (κ3) is 3.82. The van der Waals surface area contributed by atoms with Crippen molar-refractivity contribution in [2.45, 2.75) is 26.3 Å². The van der Waals surface area contributed by atoms with Crippen molar-refractivity contribution in [1.29, 1.82) is 0 Å². The Labute approximate surface area is 115 Å². The molecule has 19 heavy (non-hydrogen) atoms. The Hall–Kier alpha value is -1.82. The summed E-state index contributed by atoms with van der Waals surface area (Å²) in [6.07, 6.45) is 0. The number of nitro groups is 1. The average molecular weight is 287 g/mol. The van der Waals surface area contributed by atoms with Crippen molar-refractivity contribution in [2.75, 3.05) is 11.4 Å². The van der Waals surface area contributed by atoms with E-state index in [4.69, 9.17) is 16.7 Å². The van der Waals surface area contributed by atoms with Gasteiger partial charge in [0, 0.05) is 17.7 Å². The van der Waals surface area contributed by atoms with Gasteiger partial charge in [0.15, 0.2) is 0 Å². The first-order valence-corrected chi connectivity index (χ1v) is 5.94. The zero-order valence-electron chi connectivity index (χ0n) is 10.9. The maximum Gasteiger partial charge on any atom is 0.323 e. The Morgan fingerprint density at radius 2 is 2.05 bits per heavy atom. The third-order valence-electron chi connectivity index (χ3n) is 2.54. The van der Waals surface area contributed by atoms with E-state index in [2.05, 4.69) is 0 Å². The molecule has 0 aliphatic carbocycles. The number of rotatable bonds is 4. The van der Waals surface area contributed by atoms with Crippen LogP contribution in [0.25, 0.3) is 0 Å². The Kier molecular flexibility index (Phi) is 4.36. The topological polar surface area (TPSA) is 83.7 Å². The van der Waals surface area contributed by atoms with Crippen LogP contribution in [0.3, 0.4) is 0 Å². The van der Waals surface area contributed by atoms with Gasteiger partial charge in [0.05, 0.1) is 15.6 Å². The predicted molar refractivity (Wildman–Crippen MR) is 72.8 cm³/mol. The SMILES string of the molecule is CC(C)(C)N(CC(=O)O)c1ccc([N+](=O)[O-])cc1Cl. The molecule has 0 saturated heterocycles. The number of carbonyl (C=O) groups is 1. The lowest BCUT2D eigenvalue weighted by Crippen LogP contribution is -2.44. The first-order valence-electron chi connectivity index (χ1n) is 5.56. The van der Waals surface area contributed by atoms with Crippen LogP contribution in [-0.2, 0) is 4.79 Å². The highest BCUT2D eigenvalue weighted by atomic mass is 35.5. The summed E-state index contributed by atoms with van der Waals surface area (Å²) in [5.74, 6) is -0.996. The second-order valence-corrected chi connectivity index (χ2v) is 5.45. The number of hydrogen-bond donors (Lipinski definition) is 1. The zero-order valence-corrected chi connectivity index (χ0v) is 11.6. The second-order valence-electron chi connectivity index (χ2n) is 5.04. The van der Waals surface area contributed by atoms with E-state index in [-0.39, 0.29) is 17.3 Å². The fraction of sp³-hybridized carbons (Fsp3) is 0.417. The van der Waals surface area contributed by atoms with Crippen molar-refractivity contribution in [3.8, 4) is 0 Å². The van der Waals surface area contributed by atoms with E-state index in [1.165, 1.54) is 18.2 Å². The summed E-state index contributed by atoms with van der Waals surface area (Å²) in [6.45, 7) is 5.29. The number of anilines is 1. The lowest BCUT2D eigenvalue weighted by Gasteiger charge is -2.36. The number of nitrogens with zero attached hydrogens (tertiary/aromatic N) is 2. The fourth-order valence-electron chi connectivity index (χ4n) is 1.65. The number of aliphatic carboxylic acids is 1. The first kappa shape index (κ1) is 15.2. The van der Waals surface area contributed by atoms with E-state index in [9.17, 15) is 14.9 Å². The first-order chi connectivity index (χ1) is 8.62. The van der Waals surface area contributed by atoms with E-state index in [0.29, 0.717) is 5.69 Å². The van der Waals surface area contributed by atoms with Crippen LogP contribution in [0.15, 0.2) is 18.2 Å². The highest BCUT2D eigenvalue weighted by Gasteiger charge is 2.26. The number of carboxylic acid groups (broad SMARTS) is 1. The normalized spacial score (nSPS) is 11.2. The van der Waals surface area contributed by atoms with Crippen molar-refractivity contribution in [3.05, 3.63) is 33.3 Å². The number of benzene rings is 1. The Morgan fingerprint density at radius 3 is 2.42 bits per heavy atom. The lowest BCUT2D eigenvalue weighted by molar-refractivity contribution is -0.384. The summed E-state index contributed by atoms with van der Waals surface area (Å²) in [5.41, 5.74) is -0.141. The van der Waals surface area contributed by atoms with Gasteiger partial charge < -0.3 is 10.0 Å². The van der Waals surface area contributed by atoms with E-state index in [0.717, 1.165) is 0 Å². The minimum Gasteiger partial charge on any atom is -0.480 e. The van der Waals surface area contributed by atoms with E-state index in [1.807, 2.05) is 20.8 Å². The summed E-state index contributed by atoms with van der Waals surface area (Å²) >= 11 is 6.02. The smallest absolute Gasteiger partial charge is 0.323 e. The van der Waals surface area contributed by atoms with Crippen LogP contribution in [0, 0.1) is 10.1 Å². The summed E-state index contributed by atoms with van der Waals surface area (Å²) < 4.78 is 0. The van der Waals surface area contributed by atoms with Gasteiger partial charge in [-0.1, -0.05) is 11.6 Å². The molecule has 7 heteroatoms. The summed E-state index contributed by atoms with van der Waals surface area (Å²) in [4.78, 5) is 22.6. The van der Waals surface area contributed by atoms with Crippen LogP contribution in [0.2, 0.25) is 5.02 Å². The lowest BCUT2D eigenvalue weighted by atomic mass is 10.0. The molecule has 0 saturated carbocycles. The van der Waals surface area contributed by atoms with Gasteiger partial charge in [-0.15, -0.1) is 0 Å². The molecule has 0 aliphatic rings. The van der Waals surface area contributed by atoms with E-state index >= 15 is 0 Å². The highest BCUT2D eigenvalue weighted by Crippen LogP contribution is 2.33. The van der Waals surface area contributed by atoms with Crippen LogP contribution in [0.1, 0.15) is 20.8 Å². The molecule has 0 bridgehead atoms. The molecular formula is C12H15ClN2O4. The second kappa shape index (κ2) is 5.44. The Balaban J connectivity index is 3.24. The van der Waals surface area contributed by atoms with E-state index in [1.54, 1.807) is 4.90 Å². The number of nitro benzene ring substituents is 1. The van der Waals surface area contributed by atoms with Crippen molar-refractivity contribution < 1.29 is 14.8 Å². The van der Waals surface area contributed by atoms with Gasteiger partial charge in [-0.2, -0.15) is 0 Å². The minimum atomic E-state index is -0.996. The third-order valence-corrected chi connectivity index (χ3v) is 2.84. The maximum atomic E-state index is 10.9. The number of halogens is 1. The molecule has 1 aromatic carbocycles. The summed E-state index contributed by atoms with van der Waals surface area (Å²) in [6, 6.07) is 3.99. The quantitative estimate of drug-likeness (QED) is 0.679. The van der Waals surface area contributed by atoms with Gasteiger partial charge in [-0.25, -0.2) is 0 Å². The Bertz CT molecular complexity index is 511. The molecule has 0 heterocycles. The number of hydrogen-bond acceptors (Lipinski definition) is 4. The maximum absolute atomic E-state index is 10.9. The average Bonchev–Trinajstić information content (AvgIpc) is 2.24. The van der Waals surface area contributed by atoms with Crippen molar-refractivity contribution in [3.63, 3.8) is 0 Å². The van der Waals surface area contributed by atoms with Gasteiger partial charge in [0.1, 0.15) is 6.54 Å². The molecule has 0 aromatic heterocycles. The van der Waals surface area contributed by atoms with Crippen molar-refractivity contribution in [2.24, 2.45) is 0 Å². The highest BCUT2D eigenvalue weighted by molar-refractivity contribution is 6.33. The number of non-ortho nitro benzene ring substituents is 1. The molecule has 1 aromatic rings. The zero-order chi connectivity index (χ0) is 14.8. The van der Waals surface area contributed by atoms with Crippen LogP contribution < -0.4 is 4.90 Å². The van der Waals surface area contributed by atoms with Crippen LogP contribution in [0.4, 0.5) is 11.4 Å². The minimum absolute atomic E-state index is 0.127. The molecule has 0 aliphatic heterocycles.